The van der Waals surface area contributed by atoms with Crippen LogP contribution in [0.25, 0.3) is 0 Å². The van der Waals surface area contributed by atoms with E-state index in [1.54, 1.807) is 0 Å². The van der Waals surface area contributed by atoms with E-state index in [-0.39, 0.29) is 6.03 Å². The van der Waals surface area contributed by atoms with E-state index in [1.165, 1.54) is 19.3 Å². The molecule has 2 N–H and O–H groups in total. The van der Waals surface area contributed by atoms with Crippen molar-refractivity contribution in [2.75, 3.05) is 6.54 Å². The zero-order valence-corrected chi connectivity index (χ0v) is 12.6. The summed E-state index contributed by atoms with van der Waals surface area (Å²) in [7, 11) is 0. The minimum Gasteiger partial charge on any atom is -0.338 e. The molecular formula is C16H23ClN2O. The monoisotopic (exact) mass is 294 g/mol. The molecule has 0 bridgehead atoms. The van der Waals surface area contributed by atoms with Gasteiger partial charge in [0.1, 0.15) is 0 Å². The molecule has 110 valence electrons. The summed E-state index contributed by atoms with van der Waals surface area (Å²) in [4.78, 5) is 11.7. The summed E-state index contributed by atoms with van der Waals surface area (Å²) >= 11 is 6.09. The summed E-state index contributed by atoms with van der Waals surface area (Å²) in [6.07, 6.45) is 7.80. The van der Waals surface area contributed by atoms with Gasteiger partial charge in [-0.1, -0.05) is 49.1 Å². The van der Waals surface area contributed by atoms with Crippen LogP contribution in [0.5, 0.6) is 0 Å². The highest BCUT2D eigenvalue weighted by Crippen LogP contribution is 2.17. The minimum absolute atomic E-state index is 0.0314. The molecule has 2 amide bonds. The van der Waals surface area contributed by atoms with Crippen molar-refractivity contribution in [3.05, 3.63) is 34.9 Å². The molecule has 2 rings (SSSR count). The normalized spacial score (nSPS) is 15.8. The molecule has 1 aliphatic rings. The second kappa shape index (κ2) is 8.15. The number of halogens is 1. The highest BCUT2D eigenvalue weighted by Gasteiger charge is 2.14. The summed E-state index contributed by atoms with van der Waals surface area (Å²) in [6, 6.07) is 8.19. The molecule has 0 heterocycles. The molecule has 1 aromatic rings. The van der Waals surface area contributed by atoms with E-state index in [4.69, 9.17) is 11.6 Å². The van der Waals surface area contributed by atoms with Crippen LogP contribution in [0, 0.1) is 0 Å². The van der Waals surface area contributed by atoms with Crippen molar-refractivity contribution in [1.82, 2.24) is 10.6 Å². The molecule has 20 heavy (non-hydrogen) atoms. The van der Waals surface area contributed by atoms with Crippen molar-refractivity contribution in [3.8, 4) is 0 Å². The average molecular weight is 295 g/mol. The van der Waals surface area contributed by atoms with Crippen LogP contribution in [0.3, 0.4) is 0 Å². The highest BCUT2D eigenvalue weighted by atomic mass is 35.5. The summed E-state index contributed by atoms with van der Waals surface area (Å²) in [5.74, 6) is 0. The first-order valence-electron chi connectivity index (χ1n) is 7.53. The number of rotatable bonds is 5. The molecule has 1 saturated carbocycles. The third-order valence-corrected chi connectivity index (χ3v) is 4.18. The second-order valence-corrected chi connectivity index (χ2v) is 5.84. The summed E-state index contributed by atoms with van der Waals surface area (Å²) < 4.78 is 0. The molecule has 3 nitrogen and oxygen atoms in total. The first-order valence-corrected chi connectivity index (χ1v) is 7.91. The van der Waals surface area contributed by atoms with Crippen molar-refractivity contribution < 1.29 is 4.79 Å². The van der Waals surface area contributed by atoms with Crippen LogP contribution in [0.4, 0.5) is 4.79 Å². The zero-order valence-electron chi connectivity index (χ0n) is 11.8. The molecule has 0 spiro atoms. The Morgan fingerprint density at radius 2 is 1.95 bits per heavy atom. The second-order valence-electron chi connectivity index (χ2n) is 5.43. The van der Waals surface area contributed by atoms with Gasteiger partial charge in [-0.15, -0.1) is 0 Å². The topological polar surface area (TPSA) is 41.1 Å². The van der Waals surface area contributed by atoms with Crippen molar-refractivity contribution >= 4 is 17.6 Å². The first kappa shape index (κ1) is 15.2. The van der Waals surface area contributed by atoms with E-state index >= 15 is 0 Å². The lowest BCUT2D eigenvalue weighted by Crippen LogP contribution is -2.43. The number of hydrogen-bond donors (Lipinski definition) is 2. The molecular weight excluding hydrogens is 272 g/mol. The largest absolute Gasteiger partial charge is 0.338 e. The van der Waals surface area contributed by atoms with Gasteiger partial charge in [-0.3, -0.25) is 0 Å². The predicted molar refractivity (Wildman–Crippen MR) is 83.2 cm³/mol. The Morgan fingerprint density at radius 1 is 1.20 bits per heavy atom. The third-order valence-electron chi connectivity index (χ3n) is 3.81. The number of carbonyl (C=O) groups is 1. The summed E-state index contributed by atoms with van der Waals surface area (Å²) in [5, 5.41) is 6.78. The van der Waals surface area contributed by atoms with Crippen molar-refractivity contribution in [3.63, 3.8) is 0 Å². The van der Waals surface area contributed by atoms with Gasteiger partial charge in [0.25, 0.3) is 0 Å². The third kappa shape index (κ3) is 5.04. The smallest absolute Gasteiger partial charge is 0.315 e. The van der Waals surface area contributed by atoms with Gasteiger partial charge in [0, 0.05) is 17.6 Å². The highest BCUT2D eigenvalue weighted by molar-refractivity contribution is 6.31. The fourth-order valence-corrected chi connectivity index (χ4v) is 2.90. The molecule has 0 aromatic heterocycles. The quantitative estimate of drug-likeness (QED) is 0.795. The van der Waals surface area contributed by atoms with Gasteiger partial charge in [0.2, 0.25) is 0 Å². The number of urea groups is 1. The van der Waals surface area contributed by atoms with Gasteiger partial charge < -0.3 is 10.6 Å². The Morgan fingerprint density at radius 3 is 2.70 bits per heavy atom. The Bertz CT molecular complexity index is 430. The van der Waals surface area contributed by atoms with E-state index in [0.29, 0.717) is 12.6 Å². The molecule has 1 fully saturated rings. The van der Waals surface area contributed by atoms with Gasteiger partial charge in [0.05, 0.1) is 0 Å². The standard InChI is InChI=1S/C16H23ClN2O/c17-15-11-5-4-7-13(15)8-6-12-18-16(20)19-14-9-2-1-3-10-14/h4-5,7,11,14H,1-3,6,8-10,12H2,(H2,18,19,20). The van der Waals surface area contributed by atoms with Gasteiger partial charge in [-0.2, -0.15) is 0 Å². The van der Waals surface area contributed by atoms with Gasteiger partial charge in [-0.25, -0.2) is 4.79 Å². The lowest BCUT2D eigenvalue weighted by molar-refractivity contribution is 0.232. The van der Waals surface area contributed by atoms with E-state index in [9.17, 15) is 4.79 Å². The van der Waals surface area contributed by atoms with Gasteiger partial charge in [-0.05, 0) is 37.3 Å². The maximum atomic E-state index is 11.7. The Kier molecular flexibility index (Phi) is 6.19. The number of carbonyl (C=O) groups excluding carboxylic acids is 1. The zero-order chi connectivity index (χ0) is 14.2. The van der Waals surface area contributed by atoms with E-state index in [0.717, 1.165) is 36.3 Å². The number of amides is 2. The Labute approximate surface area is 126 Å². The first-order chi connectivity index (χ1) is 9.75. The summed E-state index contributed by atoms with van der Waals surface area (Å²) in [6.45, 7) is 0.684. The maximum absolute atomic E-state index is 11.7. The van der Waals surface area contributed by atoms with E-state index in [2.05, 4.69) is 10.6 Å². The number of benzene rings is 1. The number of hydrogen-bond acceptors (Lipinski definition) is 1. The Hall–Kier alpha value is -1.22. The van der Waals surface area contributed by atoms with Gasteiger partial charge in [0.15, 0.2) is 0 Å². The van der Waals surface area contributed by atoms with Crippen LogP contribution in [-0.4, -0.2) is 18.6 Å². The van der Waals surface area contributed by atoms with Crippen LogP contribution < -0.4 is 10.6 Å². The van der Waals surface area contributed by atoms with Crippen LogP contribution in [-0.2, 0) is 6.42 Å². The predicted octanol–water partition coefficient (Wildman–Crippen LogP) is 3.90. The number of aryl methyl sites for hydroxylation is 1. The fraction of sp³-hybridized carbons (Fsp3) is 0.562. The lowest BCUT2D eigenvalue weighted by atomic mass is 9.96. The van der Waals surface area contributed by atoms with Crippen molar-refractivity contribution in [2.24, 2.45) is 0 Å². The van der Waals surface area contributed by atoms with Crippen LogP contribution >= 0.6 is 11.6 Å². The molecule has 1 aromatic carbocycles. The Balaban J connectivity index is 1.60. The molecule has 0 saturated heterocycles. The van der Waals surface area contributed by atoms with Gasteiger partial charge >= 0.3 is 6.03 Å². The SMILES string of the molecule is O=C(NCCCc1ccccc1Cl)NC1CCCCC1. The maximum Gasteiger partial charge on any atom is 0.315 e. The van der Waals surface area contributed by atoms with E-state index < -0.39 is 0 Å². The molecule has 0 atom stereocenters. The lowest BCUT2D eigenvalue weighted by Gasteiger charge is -2.22. The molecule has 0 aliphatic heterocycles. The molecule has 0 unspecified atom stereocenters. The van der Waals surface area contributed by atoms with Crippen LogP contribution in [0.15, 0.2) is 24.3 Å². The molecule has 4 heteroatoms. The minimum atomic E-state index is -0.0314. The van der Waals surface area contributed by atoms with E-state index in [1.807, 2.05) is 24.3 Å². The average Bonchev–Trinajstić information content (AvgIpc) is 2.46. The number of nitrogens with one attached hydrogen (secondary N) is 2. The molecule has 1 aliphatic carbocycles. The van der Waals surface area contributed by atoms with Crippen molar-refractivity contribution in [2.45, 2.75) is 51.0 Å². The fourth-order valence-electron chi connectivity index (χ4n) is 2.67. The van der Waals surface area contributed by atoms with Crippen LogP contribution in [0.1, 0.15) is 44.1 Å². The molecule has 0 radical (unpaired) electrons. The van der Waals surface area contributed by atoms with Crippen molar-refractivity contribution in [1.29, 1.82) is 0 Å². The van der Waals surface area contributed by atoms with Crippen LogP contribution in [0.2, 0.25) is 5.02 Å². The summed E-state index contributed by atoms with van der Waals surface area (Å²) in [5.41, 5.74) is 1.14.